The lowest BCUT2D eigenvalue weighted by molar-refractivity contribution is 0.434. The second-order valence-electron chi connectivity index (χ2n) is 4.83. The highest BCUT2D eigenvalue weighted by Crippen LogP contribution is 2.30. The van der Waals surface area contributed by atoms with Crippen molar-refractivity contribution in [2.45, 2.75) is 39.2 Å². The summed E-state index contributed by atoms with van der Waals surface area (Å²) in [6.07, 6.45) is 1.14. The van der Waals surface area contributed by atoms with Crippen molar-refractivity contribution in [3.8, 4) is 0 Å². The summed E-state index contributed by atoms with van der Waals surface area (Å²) >= 11 is 0. The van der Waals surface area contributed by atoms with Crippen LogP contribution in [0, 0.1) is 0 Å². The Kier molecular flexibility index (Phi) is 2.36. The van der Waals surface area contributed by atoms with E-state index >= 15 is 0 Å². The highest BCUT2D eigenvalue weighted by Gasteiger charge is 2.26. The van der Waals surface area contributed by atoms with Crippen LogP contribution in [0.4, 0.5) is 0 Å². The minimum atomic E-state index is 0.290. The van der Waals surface area contributed by atoms with Gasteiger partial charge in [0.2, 0.25) is 0 Å². The standard InChI is InChI=1S/C13H19N/c1-4-10-5-6-11-8-14-9-13(2,3)12(11)7-10/h5-7,14H,4,8-9H2,1-3H3. The van der Waals surface area contributed by atoms with Crippen molar-refractivity contribution >= 4 is 0 Å². The average molecular weight is 189 g/mol. The Morgan fingerprint density at radius 3 is 2.86 bits per heavy atom. The van der Waals surface area contributed by atoms with Crippen molar-refractivity contribution in [1.82, 2.24) is 5.32 Å². The molecule has 1 aromatic rings. The molecule has 1 heteroatoms. The van der Waals surface area contributed by atoms with Gasteiger partial charge in [-0.1, -0.05) is 39.0 Å². The molecule has 0 aromatic heterocycles. The van der Waals surface area contributed by atoms with Crippen LogP contribution in [0.2, 0.25) is 0 Å². The molecule has 1 aliphatic heterocycles. The third-order valence-corrected chi connectivity index (χ3v) is 3.19. The quantitative estimate of drug-likeness (QED) is 0.716. The maximum Gasteiger partial charge on any atom is 0.0208 e. The minimum Gasteiger partial charge on any atom is -0.312 e. The molecule has 1 N–H and O–H groups in total. The van der Waals surface area contributed by atoms with Crippen LogP contribution in [0.15, 0.2) is 18.2 Å². The van der Waals surface area contributed by atoms with Gasteiger partial charge in [-0.2, -0.15) is 0 Å². The van der Waals surface area contributed by atoms with Crippen molar-refractivity contribution in [3.63, 3.8) is 0 Å². The van der Waals surface area contributed by atoms with E-state index < -0.39 is 0 Å². The van der Waals surface area contributed by atoms with Gasteiger partial charge in [-0.25, -0.2) is 0 Å². The van der Waals surface area contributed by atoms with Crippen LogP contribution in [0.3, 0.4) is 0 Å². The van der Waals surface area contributed by atoms with Crippen LogP contribution in [-0.4, -0.2) is 6.54 Å². The van der Waals surface area contributed by atoms with E-state index in [0.717, 1.165) is 19.5 Å². The molecule has 1 aliphatic rings. The van der Waals surface area contributed by atoms with Gasteiger partial charge in [0.25, 0.3) is 0 Å². The SMILES string of the molecule is CCc1ccc2c(c1)C(C)(C)CNC2. The van der Waals surface area contributed by atoms with Gasteiger partial charge in [0.15, 0.2) is 0 Å². The molecular weight excluding hydrogens is 170 g/mol. The van der Waals surface area contributed by atoms with Crippen LogP contribution in [0.1, 0.15) is 37.5 Å². The average Bonchev–Trinajstić information content (AvgIpc) is 2.17. The van der Waals surface area contributed by atoms with Gasteiger partial charge in [0.05, 0.1) is 0 Å². The Hall–Kier alpha value is -0.820. The lowest BCUT2D eigenvalue weighted by Crippen LogP contribution is -2.38. The summed E-state index contributed by atoms with van der Waals surface area (Å²) in [5.41, 5.74) is 4.76. The topological polar surface area (TPSA) is 12.0 Å². The summed E-state index contributed by atoms with van der Waals surface area (Å²) in [4.78, 5) is 0. The van der Waals surface area contributed by atoms with Crippen LogP contribution in [0.25, 0.3) is 0 Å². The van der Waals surface area contributed by atoms with E-state index in [1.165, 1.54) is 16.7 Å². The molecule has 0 unspecified atom stereocenters. The van der Waals surface area contributed by atoms with Gasteiger partial charge >= 0.3 is 0 Å². The summed E-state index contributed by atoms with van der Waals surface area (Å²) in [6, 6.07) is 6.92. The molecule has 0 amide bonds. The van der Waals surface area contributed by atoms with E-state index in [-0.39, 0.29) is 0 Å². The fraction of sp³-hybridized carbons (Fsp3) is 0.538. The second kappa shape index (κ2) is 3.39. The first kappa shape index (κ1) is 9.72. The molecule has 0 saturated heterocycles. The van der Waals surface area contributed by atoms with Gasteiger partial charge in [-0.15, -0.1) is 0 Å². The highest BCUT2D eigenvalue weighted by molar-refractivity contribution is 5.39. The minimum absolute atomic E-state index is 0.290. The van der Waals surface area contributed by atoms with Crippen molar-refractivity contribution in [2.24, 2.45) is 0 Å². The monoisotopic (exact) mass is 189 g/mol. The zero-order valence-corrected chi connectivity index (χ0v) is 9.35. The summed E-state index contributed by atoms with van der Waals surface area (Å²) in [7, 11) is 0. The van der Waals surface area contributed by atoms with Crippen LogP contribution >= 0.6 is 0 Å². The fourth-order valence-electron chi connectivity index (χ4n) is 2.23. The molecule has 76 valence electrons. The van der Waals surface area contributed by atoms with Crippen LogP contribution in [-0.2, 0) is 18.4 Å². The lowest BCUT2D eigenvalue weighted by Gasteiger charge is -2.33. The largest absolute Gasteiger partial charge is 0.312 e. The maximum atomic E-state index is 3.47. The molecule has 0 fully saturated rings. The molecule has 1 heterocycles. The first-order valence-corrected chi connectivity index (χ1v) is 5.46. The van der Waals surface area contributed by atoms with Crippen molar-refractivity contribution in [1.29, 1.82) is 0 Å². The van der Waals surface area contributed by atoms with E-state index in [1.807, 2.05) is 0 Å². The first-order chi connectivity index (χ1) is 6.63. The van der Waals surface area contributed by atoms with Crippen LogP contribution in [0.5, 0.6) is 0 Å². The van der Waals surface area contributed by atoms with Gasteiger partial charge in [-0.3, -0.25) is 0 Å². The molecule has 1 nitrogen and oxygen atoms in total. The maximum absolute atomic E-state index is 3.47. The lowest BCUT2D eigenvalue weighted by atomic mass is 9.78. The van der Waals surface area contributed by atoms with Gasteiger partial charge in [-0.05, 0) is 23.1 Å². The number of fused-ring (bicyclic) bond motifs is 1. The van der Waals surface area contributed by atoms with Crippen molar-refractivity contribution in [2.75, 3.05) is 6.54 Å². The molecule has 0 spiro atoms. The Labute approximate surface area is 86.5 Å². The summed E-state index contributed by atoms with van der Waals surface area (Å²) < 4.78 is 0. The molecule has 2 rings (SSSR count). The number of hydrogen-bond donors (Lipinski definition) is 1. The summed E-state index contributed by atoms with van der Waals surface area (Å²) in [5, 5.41) is 3.47. The molecule has 0 aliphatic carbocycles. The summed E-state index contributed by atoms with van der Waals surface area (Å²) in [6.45, 7) is 8.97. The molecular formula is C13H19N. The van der Waals surface area contributed by atoms with Crippen molar-refractivity contribution < 1.29 is 0 Å². The molecule has 1 aromatic carbocycles. The predicted octanol–water partition coefficient (Wildman–Crippen LogP) is 2.63. The van der Waals surface area contributed by atoms with E-state index in [1.54, 1.807) is 0 Å². The Morgan fingerprint density at radius 1 is 1.36 bits per heavy atom. The number of benzene rings is 1. The van der Waals surface area contributed by atoms with E-state index in [0.29, 0.717) is 5.41 Å². The number of rotatable bonds is 1. The Morgan fingerprint density at radius 2 is 2.14 bits per heavy atom. The normalized spacial score (nSPS) is 19.1. The first-order valence-electron chi connectivity index (χ1n) is 5.46. The molecule has 0 saturated carbocycles. The van der Waals surface area contributed by atoms with E-state index in [2.05, 4.69) is 44.3 Å². The fourth-order valence-corrected chi connectivity index (χ4v) is 2.23. The third-order valence-electron chi connectivity index (χ3n) is 3.19. The molecule has 0 radical (unpaired) electrons. The summed E-state index contributed by atoms with van der Waals surface area (Å²) in [5.74, 6) is 0. The molecule has 0 bridgehead atoms. The van der Waals surface area contributed by atoms with E-state index in [4.69, 9.17) is 0 Å². The van der Waals surface area contributed by atoms with Gasteiger partial charge < -0.3 is 5.32 Å². The Balaban J connectivity index is 2.49. The number of hydrogen-bond acceptors (Lipinski definition) is 1. The predicted molar refractivity (Wildman–Crippen MR) is 60.6 cm³/mol. The number of nitrogens with one attached hydrogen (secondary N) is 1. The Bertz CT molecular complexity index is 339. The molecule has 14 heavy (non-hydrogen) atoms. The zero-order valence-electron chi connectivity index (χ0n) is 9.35. The molecule has 0 atom stereocenters. The van der Waals surface area contributed by atoms with Crippen molar-refractivity contribution in [3.05, 3.63) is 34.9 Å². The van der Waals surface area contributed by atoms with E-state index in [9.17, 15) is 0 Å². The third kappa shape index (κ3) is 1.57. The van der Waals surface area contributed by atoms with Gasteiger partial charge in [0, 0.05) is 18.5 Å². The second-order valence-corrected chi connectivity index (χ2v) is 4.83. The highest BCUT2D eigenvalue weighted by atomic mass is 14.9. The smallest absolute Gasteiger partial charge is 0.0208 e. The van der Waals surface area contributed by atoms with Crippen LogP contribution < -0.4 is 5.32 Å². The number of aryl methyl sites for hydroxylation is 1. The van der Waals surface area contributed by atoms with Gasteiger partial charge in [0.1, 0.15) is 0 Å². The zero-order chi connectivity index (χ0) is 10.2.